The second-order valence-electron chi connectivity index (χ2n) is 9.49. The van der Waals surface area contributed by atoms with Crippen molar-refractivity contribution in [2.24, 2.45) is 0 Å². The maximum Gasteiger partial charge on any atom is 0.240 e. The Morgan fingerprint density at radius 1 is 0.425 bits per heavy atom. The zero-order valence-corrected chi connectivity index (χ0v) is 21.3. The standard InChI is InChI=1S/C33H21N7/c1-4-12-22(13-5-1)30-36-31(23-14-6-2-7-15-23)38-33(37-30)40-29-26(35-32(40)24-16-8-3-9-17-24)20-19-25-28(29)39-21-11-10-18-27(39)34-25/h1-21H. The van der Waals surface area contributed by atoms with E-state index in [0.29, 0.717) is 17.6 Å². The Kier molecular flexibility index (Phi) is 4.99. The van der Waals surface area contributed by atoms with Gasteiger partial charge >= 0.3 is 0 Å². The van der Waals surface area contributed by atoms with Crippen molar-refractivity contribution in [1.82, 2.24) is 33.9 Å². The van der Waals surface area contributed by atoms with Gasteiger partial charge in [-0.3, -0.25) is 8.97 Å². The van der Waals surface area contributed by atoms with Gasteiger partial charge < -0.3 is 0 Å². The Bertz CT molecular complexity index is 2090. The molecule has 0 saturated heterocycles. The van der Waals surface area contributed by atoms with Crippen molar-refractivity contribution in [2.45, 2.75) is 0 Å². The Labute approximate surface area is 229 Å². The van der Waals surface area contributed by atoms with Crippen LogP contribution in [0.5, 0.6) is 0 Å². The number of benzene rings is 4. The van der Waals surface area contributed by atoms with Gasteiger partial charge in [-0.15, -0.1) is 0 Å². The predicted molar refractivity (Wildman–Crippen MR) is 157 cm³/mol. The van der Waals surface area contributed by atoms with Gasteiger partial charge in [0.25, 0.3) is 0 Å². The molecule has 4 heterocycles. The van der Waals surface area contributed by atoms with Crippen LogP contribution in [0, 0.1) is 0 Å². The fourth-order valence-corrected chi connectivity index (χ4v) is 5.18. The van der Waals surface area contributed by atoms with E-state index < -0.39 is 0 Å². The van der Waals surface area contributed by atoms with Crippen molar-refractivity contribution in [3.05, 3.63) is 128 Å². The topological polar surface area (TPSA) is 73.8 Å². The molecule has 0 atom stereocenters. The largest absolute Gasteiger partial charge is 0.298 e. The average Bonchev–Trinajstić information content (AvgIpc) is 3.61. The SMILES string of the molecule is c1ccc(-c2nc(-c3ccccc3)nc(-n3c(-c4ccccc4)nc4ccc5nc6ccccn6c5c43)n2)cc1. The van der Waals surface area contributed by atoms with Crippen molar-refractivity contribution in [1.29, 1.82) is 0 Å². The molecule has 188 valence electrons. The van der Waals surface area contributed by atoms with Crippen LogP contribution in [0.1, 0.15) is 0 Å². The van der Waals surface area contributed by atoms with Crippen LogP contribution < -0.4 is 0 Å². The van der Waals surface area contributed by atoms with Crippen LogP contribution in [0.4, 0.5) is 0 Å². The molecule has 0 radical (unpaired) electrons. The van der Waals surface area contributed by atoms with Gasteiger partial charge in [0.05, 0.1) is 16.6 Å². The van der Waals surface area contributed by atoms with Crippen LogP contribution in [-0.2, 0) is 0 Å². The number of nitrogens with zero attached hydrogens (tertiary/aromatic N) is 7. The zero-order valence-electron chi connectivity index (χ0n) is 21.3. The van der Waals surface area contributed by atoms with Gasteiger partial charge in [-0.2, -0.15) is 9.97 Å². The Morgan fingerprint density at radius 2 is 0.975 bits per heavy atom. The summed E-state index contributed by atoms with van der Waals surface area (Å²) in [6, 6.07) is 40.2. The molecule has 8 rings (SSSR count). The van der Waals surface area contributed by atoms with Gasteiger partial charge in [0.2, 0.25) is 5.95 Å². The lowest BCUT2D eigenvalue weighted by molar-refractivity contribution is 0.930. The smallest absolute Gasteiger partial charge is 0.240 e. The van der Waals surface area contributed by atoms with E-state index in [1.165, 1.54) is 0 Å². The highest BCUT2D eigenvalue weighted by atomic mass is 15.2. The number of pyridine rings is 1. The number of fused-ring (bicyclic) bond motifs is 5. The summed E-state index contributed by atoms with van der Waals surface area (Å²) in [7, 11) is 0. The number of imidazole rings is 2. The first kappa shape index (κ1) is 22.3. The molecule has 0 aliphatic rings. The van der Waals surface area contributed by atoms with Crippen molar-refractivity contribution >= 4 is 27.7 Å². The summed E-state index contributed by atoms with van der Waals surface area (Å²) in [5, 5.41) is 0. The van der Waals surface area contributed by atoms with Crippen LogP contribution in [-0.4, -0.2) is 33.9 Å². The molecule has 7 heteroatoms. The monoisotopic (exact) mass is 515 g/mol. The van der Waals surface area contributed by atoms with Crippen molar-refractivity contribution < 1.29 is 0 Å². The molecule has 0 aliphatic heterocycles. The minimum absolute atomic E-state index is 0.493. The highest BCUT2D eigenvalue weighted by Gasteiger charge is 2.22. The highest BCUT2D eigenvalue weighted by Crippen LogP contribution is 2.34. The third-order valence-corrected chi connectivity index (χ3v) is 7.00. The molecule has 4 aromatic heterocycles. The molecule has 0 aliphatic carbocycles. The molecule has 0 fully saturated rings. The van der Waals surface area contributed by atoms with Gasteiger partial charge in [-0.25, -0.2) is 15.0 Å². The number of hydrogen-bond donors (Lipinski definition) is 0. The minimum atomic E-state index is 0.493. The lowest BCUT2D eigenvalue weighted by atomic mass is 10.2. The summed E-state index contributed by atoms with van der Waals surface area (Å²) >= 11 is 0. The Balaban J connectivity index is 1.52. The molecule has 4 aromatic carbocycles. The summed E-state index contributed by atoms with van der Waals surface area (Å²) in [5.74, 6) is 2.43. The minimum Gasteiger partial charge on any atom is -0.298 e. The van der Waals surface area contributed by atoms with E-state index in [9.17, 15) is 0 Å². The summed E-state index contributed by atoms with van der Waals surface area (Å²) in [6.07, 6.45) is 2.03. The molecular weight excluding hydrogens is 494 g/mol. The first-order valence-electron chi connectivity index (χ1n) is 13.0. The summed E-state index contributed by atoms with van der Waals surface area (Å²) in [6.45, 7) is 0. The van der Waals surface area contributed by atoms with E-state index in [1.807, 2.05) is 115 Å². The first-order valence-corrected chi connectivity index (χ1v) is 13.0. The zero-order chi connectivity index (χ0) is 26.5. The fraction of sp³-hybridized carbons (Fsp3) is 0. The van der Waals surface area contributed by atoms with Gasteiger partial charge in [-0.1, -0.05) is 97.1 Å². The molecule has 7 nitrogen and oxygen atoms in total. The Morgan fingerprint density at radius 3 is 1.60 bits per heavy atom. The van der Waals surface area contributed by atoms with E-state index in [2.05, 4.69) is 21.1 Å². The third kappa shape index (κ3) is 3.56. The lowest BCUT2D eigenvalue weighted by Gasteiger charge is -2.12. The first-order chi connectivity index (χ1) is 19.8. The van der Waals surface area contributed by atoms with Crippen molar-refractivity contribution in [3.8, 4) is 40.1 Å². The third-order valence-electron chi connectivity index (χ3n) is 7.00. The maximum atomic E-state index is 5.12. The lowest BCUT2D eigenvalue weighted by Crippen LogP contribution is -2.08. The maximum absolute atomic E-state index is 5.12. The van der Waals surface area contributed by atoms with Crippen LogP contribution in [0.3, 0.4) is 0 Å². The molecule has 0 spiro atoms. The number of hydrogen-bond acceptors (Lipinski definition) is 5. The second kappa shape index (κ2) is 8.96. The quantitative estimate of drug-likeness (QED) is 0.252. The van der Waals surface area contributed by atoms with Crippen LogP contribution in [0.25, 0.3) is 67.8 Å². The highest BCUT2D eigenvalue weighted by molar-refractivity contribution is 6.04. The van der Waals surface area contributed by atoms with Gasteiger partial charge in [-0.05, 0) is 24.3 Å². The summed E-state index contributed by atoms with van der Waals surface area (Å²) in [4.78, 5) is 25.0. The van der Waals surface area contributed by atoms with Crippen molar-refractivity contribution in [2.75, 3.05) is 0 Å². The normalized spacial score (nSPS) is 11.5. The van der Waals surface area contributed by atoms with Crippen molar-refractivity contribution in [3.63, 3.8) is 0 Å². The average molecular weight is 516 g/mol. The van der Waals surface area contributed by atoms with Gasteiger partial charge in [0, 0.05) is 22.9 Å². The van der Waals surface area contributed by atoms with E-state index in [0.717, 1.165) is 50.2 Å². The molecule has 0 saturated carbocycles. The molecule has 40 heavy (non-hydrogen) atoms. The molecular formula is C33H21N7. The summed E-state index contributed by atoms with van der Waals surface area (Å²) < 4.78 is 4.15. The van der Waals surface area contributed by atoms with E-state index in [-0.39, 0.29) is 0 Å². The van der Waals surface area contributed by atoms with Gasteiger partial charge in [0.1, 0.15) is 17.0 Å². The number of rotatable bonds is 4. The number of aromatic nitrogens is 7. The fourth-order valence-electron chi connectivity index (χ4n) is 5.18. The van der Waals surface area contributed by atoms with Gasteiger partial charge in [0.15, 0.2) is 11.6 Å². The predicted octanol–water partition coefficient (Wildman–Crippen LogP) is 7.01. The van der Waals surface area contributed by atoms with E-state index >= 15 is 0 Å². The van der Waals surface area contributed by atoms with Crippen LogP contribution >= 0.6 is 0 Å². The molecule has 0 unspecified atom stereocenters. The molecule has 8 aromatic rings. The summed E-state index contributed by atoms with van der Waals surface area (Å²) in [5.41, 5.74) is 7.20. The van der Waals surface area contributed by atoms with Crippen LogP contribution in [0.15, 0.2) is 128 Å². The molecule has 0 amide bonds. The van der Waals surface area contributed by atoms with Crippen LogP contribution in [0.2, 0.25) is 0 Å². The Hall–Kier alpha value is -5.69. The van der Waals surface area contributed by atoms with E-state index in [4.69, 9.17) is 24.9 Å². The second-order valence-corrected chi connectivity index (χ2v) is 9.49. The molecule has 0 N–H and O–H groups in total. The van der Waals surface area contributed by atoms with E-state index in [1.54, 1.807) is 0 Å². The molecule has 0 bridgehead atoms.